The van der Waals surface area contributed by atoms with Gasteiger partial charge >= 0.3 is 12.0 Å². The number of amides is 2. The van der Waals surface area contributed by atoms with E-state index in [4.69, 9.17) is 4.74 Å². The van der Waals surface area contributed by atoms with Gasteiger partial charge in [0.05, 0.1) is 30.4 Å². The third-order valence-electron chi connectivity index (χ3n) is 6.24. The highest BCUT2D eigenvalue weighted by Crippen LogP contribution is 2.37. The quantitative estimate of drug-likeness (QED) is 0.371. The number of aromatic nitrogens is 1. The van der Waals surface area contributed by atoms with E-state index in [2.05, 4.69) is 59.3 Å². The third-order valence-corrected chi connectivity index (χ3v) is 6.24. The van der Waals surface area contributed by atoms with Crippen LogP contribution in [0.15, 0.2) is 91.1 Å². The number of urea groups is 1. The number of benzene rings is 3. The number of fused-ring (bicyclic) bond motifs is 3. The summed E-state index contributed by atoms with van der Waals surface area (Å²) in [5.41, 5.74) is 6.24. The van der Waals surface area contributed by atoms with Crippen LogP contribution in [0.5, 0.6) is 0 Å². The fraction of sp³-hybridized carbons (Fsp3) is 0.172. The first-order valence-corrected chi connectivity index (χ1v) is 11.7. The minimum Gasteiger partial charge on any atom is -0.462 e. The summed E-state index contributed by atoms with van der Waals surface area (Å²) >= 11 is 0. The van der Waals surface area contributed by atoms with E-state index in [1.807, 2.05) is 29.3 Å². The number of aryl methyl sites for hydroxylation is 1. The maximum Gasteiger partial charge on any atom is 0.338 e. The van der Waals surface area contributed by atoms with E-state index in [1.54, 1.807) is 31.2 Å². The van der Waals surface area contributed by atoms with E-state index >= 15 is 0 Å². The van der Waals surface area contributed by atoms with Gasteiger partial charge < -0.3 is 19.5 Å². The molecule has 0 radical (unpaired) electrons. The van der Waals surface area contributed by atoms with Crippen molar-refractivity contribution in [2.75, 3.05) is 11.9 Å². The van der Waals surface area contributed by atoms with E-state index in [0.717, 1.165) is 28.1 Å². The van der Waals surface area contributed by atoms with Crippen LogP contribution in [0.3, 0.4) is 0 Å². The molecule has 0 spiro atoms. The van der Waals surface area contributed by atoms with Crippen LogP contribution < -0.4 is 5.32 Å². The second-order valence-corrected chi connectivity index (χ2v) is 8.60. The van der Waals surface area contributed by atoms with Gasteiger partial charge in [-0.05, 0) is 61.4 Å². The fourth-order valence-corrected chi connectivity index (χ4v) is 4.57. The molecule has 1 aliphatic heterocycles. The molecule has 0 aliphatic carbocycles. The molecule has 176 valence electrons. The summed E-state index contributed by atoms with van der Waals surface area (Å²) in [5, 5.41) is 3.01. The Morgan fingerprint density at radius 3 is 2.57 bits per heavy atom. The average molecular weight is 466 g/mol. The summed E-state index contributed by atoms with van der Waals surface area (Å²) in [6, 6.07) is 26.8. The van der Waals surface area contributed by atoms with Crippen LogP contribution in [0, 0.1) is 6.92 Å². The van der Waals surface area contributed by atoms with Crippen molar-refractivity contribution in [2.45, 2.75) is 26.4 Å². The minimum atomic E-state index is -0.414. The number of anilines is 1. The molecule has 3 aromatic carbocycles. The molecule has 0 saturated carbocycles. The molecule has 2 amide bonds. The fourth-order valence-electron chi connectivity index (χ4n) is 4.57. The van der Waals surface area contributed by atoms with Crippen molar-refractivity contribution in [2.24, 2.45) is 0 Å². The minimum absolute atomic E-state index is 0.249. The Morgan fingerprint density at radius 2 is 1.77 bits per heavy atom. The van der Waals surface area contributed by atoms with Crippen LogP contribution in [-0.2, 0) is 11.3 Å². The zero-order valence-corrected chi connectivity index (χ0v) is 19.8. The molecule has 0 saturated heterocycles. The number of nitrogens with one attached hydrogen (secondary N) is 1. The van der Waals surface area contributed by atoms with Crippen molar-refractivity contribution in [3.8, 4) is 5.69 Å². The molecule has 4 aromatic rings. The van der Waals surface area contributed by atoms with E-state index in [9.17, 15) is 9.59 Å². The highest BCUT2D eigenvalue weighted by Gasteiger charge is 2.33. The Bertz CT molecular complexity index is 1370. The van der Waals surface area contributed by atoms with Gasteiger partial charge in [0.1, 0.15) is 0 Å². The molecule has 6 heteroatoms. The molecular weight excluding hydrogens is 438 g/mol. The molecule has 0 bridgehead atoms. The number of hydrogen-bond acceptors (Lipinski definition) is 3. The summed E-state index contributed by atoms with van der Waals surface area (Å²) in [7, 11) is 0. The lowest BCUT2D eigenvalue weighted by Crippen LogP contribution is -2.38. The zero-order chi connectivity index (χ0) is 24.4. The Morgan fingerprint density at radius 1 is 0.971 bits per heavy atom. The third kappa shape index (κ3) is 4.43. The van der Waals surface area contributed by atoms with E-state index < -0.39 is 5.97 Å². The Labute approximate surface area is 204 Å². The van der Waals surface area contributed by atoms with Crippen LogP contribution in [0.2, 0.25) is 0 Å². The van der Waals surface area contributed by atoms with E-state index in [-0.39, 0.29) is 12.1 Å². The number of nitrogens with zero attached hydrogens (tertiary/aromatic N) is 2. The summed E-state index contributed by atoms with van der Waals surface area (Å²) in [5.74, 6) is -0.414. The van der Waals surface area contributed by atoms with Gasteiger partial charge in [0.2, 0.25) is 0 Å². The highest BCUT2D eigenvalue weighted by molar-refractivity contribution is 5.94. The molecular formula is C29H27N3O3. The molecule has 6 nitrogen and oxygen atoms in total. The normalized spacial score (nSPS) is 14.5. The number of carbonyl (C=O) groups is 2. The van der Waals surface area contributed by atoms with Gasteiger partial charge in [-0.2, -0.15) is 0 Å². The van der Waals surface area contributed by atoms with Crippen molar-refractivity contribution in [1.82, 2.24) is 9.47 Å². The molecule has 5 rings (SSSR count). The smallest absolute Gasteiger partial charge is 0.338 e. The lowest BCUT2D eigenvalue weighted by molar-refractivity contribution is 0.0526. The second-order valence-electron chi connectivity index (χ2n) is 8.60. The van der Waals surface area contributed by atoms with Crippen molar-refractivity contribution in [3.05, 3.63) is 119 Å². The number of ether oxygens (including phenoxy) is 1. The average Bonchev–Trinajstić information content (AvgIpc) is 3.29. The van der Waals surface area contributed by atoms with Crippen molar-refractivity contribution < 1.29 is 14.3 Å². The number of carbonyl (C=O) groups excluding carboxylic acids is 2. The summed E-state index contributed by atoms with van der Waals surface area (Å²) in [6.45, 7) is 4.54. The van der Waals surface area contributed by atoms with Crippen LogP contribution in [0.25, 0.3) is 5.69 Å². The SMILES string of the molecule is CCOC(=O)c1cccc(NC(=O)N2Cc3ccccc3-n3cccc3[C@@H]2c2ccc(C)cc2)c1. The zero-order valence-electron chi connectivity index (χ0n) is 19.8. The predicted octanol–water partition coefficient (Wildman–Crippen LogP) is 6.10. The van der Waals surface area contributed by atoms with Gasteiger partial charge in [-0.1, -0.05) is 54.1 Å². The van der Waals surface area contributed by atoms with Gasteiger partial charge in [0.25, 0.3) is 0 Å². The monoisotopic (exact) mass is 465 g/mol. The Hall–Kier alpha value is -4.32. The molecule has 0 unspecified atom stereocenters. The maximum absolute atomic E-state index is 13.8. The molecule has 0 fully saturated rings. The van der Waals surface area contributed by atoms with Crippen molar-refractivity contribution >= 4 is 17.7 Å². The standard InChI is InChI=1S/C29H27N3O3/c1-3-35-28(33)22-9-6-10-24(18-22)30-29(34)32-19-23-8-4-5-11-25(23)31-17-7-12-26(31)27(32)21-15-13-20(2)14-16-21/h4-18,27H,3,19H2,1-2H3,(H,30,34)/t27-/m0/s1. The molecule has 1 aliphatic rings. The summed E-state index contributed by atoms with van der Waals surface area (Å²) in [4.78, 5) is 27.8. The Kier molecular flexibility index (Phi) is 6.10. The molecule has 2 heterocycles. The first-order chi connectivity index (χ1) is 17.0. The molecule has 1 N–H and O–H groups in total. The van der Waals surface area contributed by atoms with Gasteiger partial charge in [-0.25, -0.2) is 9.59 Å². The van der Waals surface area contributed by atoms with Crippen LogP contribution in [0.4, 0.5) is 10.5 Å². The number of rotatable bonds is 4. The predicted molar refractivity (Wildman–Crippen MR) is 136 cm³/mol. The van der Waals surface area contributed by atoms with Crippen molar-refractivity contribution in [1.29, 1.82) is 0 Å². The maximum atomic E-state index is 13.8. The number of para-hydroxylation sites is 1. The van der Waals surface area contributed by atoms with Gasteiger partial charge in [0.15, 0.2) is 0 Å². The first kappa shape index (κ1) is 22.5. The largest absolute Gasteiger partial charge is 0.462 e. The number of esters is 1. The first-order valence-electron chi connectivity index (χ1n) is 11.7. The summed E-state index contributed by atoms with van der Waals surface area (Å²) < 4.78 is 7.27. The van der Waals surface area contributed by atoms with Crippen LogP contribution in [-0.4, -0.2) is 28.1 Å². The lowest BCUT2D eigenvalue weighted by Gasteiger charge is -2.31. The second kappa shape index (κ2) is 9.50. The molecule has 35 heavy (non-hydrogen) atoms. The van der Waals surface area contributed by atoms with Gasteiger partial charge in [-0.3, -0.25) is 0 Å². The highest BCUT2D eigenvalue weighted by atomic mass is 16.5. The summed E-state index contributed by atoms with van der Waals surface area (Å²) in [6.07, 6.45) is 2.04. The van der Waals surface area contributed by atoms with E-state index in [1.165, 1.54) is 0 Å². The van der Waals surface area contributed by atoms with Gasteiger partial charge in [0, 0.05) is 17.6 Å². The Balaban J connectivity index is 1.55. The van der Waals surface area contributed by atoms with Crippen molar-refractivity contribution in [3.63, 3.8) is 0 Å². The topological polar surface area (TPSA) is 63.6 Å². The molecule has 1 aromatic heterocycles. The van der Waals surface area contributed by atoms with Crippen LogP contribution in [0.1, 0.15) is 45.7 Å². The molecule has 1 atom stereocenters. The van der Waals surface area contributed by atoms with Gasteiger partial charge in [-0.15, -0.1) is 0 Å². The lowest BCUT2D eigenvalue weighted by atomic mass is 10.0. The number of hydrogen-bond donors (Lipinski definition) is 1. The van der Waals surface area contributed by atoms with E-state index in [0.29, 0.717) is 24.4 Å². The van der Waals surface area contributed by atoms with Crippen LogP contribution >= 0.6 is 0 Å².